The Labute approximate surface area is 123 Å². The van der Waals surface area contributed by atoms with Crippen molar-refractivity contribution in [3.05, 3.63) is 64.7 Å². The smallest absolute Gasteiger partial charge is 0.123 e. The summed E-state index contributed by atoms with van der Waals surface area (Å²) in [6.45, 7) is 0.535. The van der Waals surface area contributed by atoms with Crippen LogP contribution in [-0.2, 0) is 6.54 Å². The van der Waals surface area contributed by atoms with E-state index in [0.29, 0.717) is 11.6 Å². The molecule has 2 aromatic rings. The van der Waals surface area contributed by atoms with Crippen LogP contribution in [0, 0.1) is 11.3 Å². The summed E-state index contributed by atoms with van der Waals surface area (Å²) in [4.78, 5) is 0. The van der Waals surface area contributed by atoms with Gasteiger partial charge in [0.1, 0.15) is 11.8 Å². The molecule has 0 fully saturated rings. The van der Waals surface area contributed by atoms with Crippen molar-refractivity contribution in [3.8, 4) is 11.8 Å². The van der Waals surface area contributed by atoms with Crippen molar-refractivity contribution in [2.45, 2.75) is 12.6 Å². The number of methoxy groups -OCH3 is 1. The van der Waals surface area contributed by atoms with Gasteiger partial charge in [0.15, 0.2) is 0 Å². The van der Waals surface area contributed by atoms with Crippen molar-refractivity contribution in [2.75, 3.05) is 7.11 Å². The number of hydrogen-bond donors (Lipinski definition) is 1. The molecule has 2 rings (SSSR count). The first kappa shape index (κ1) is 14.4. The van der Waals surface area contributed by atoms with Crippen LogP contribution in [0.2, 0.25) is 5.02 Å². The fourth-order valence-electron chi connectivity index (χ4n) is 2.00. The summed E-state index contributed by atoms with van der Waals surface area (Å²) < 4.78 is 5.29. The van der Waals surface area contributed by atoms with E-state index in [1.807, 2.05) is 42.5 Å². The van der Waals surface area contributed by atoms with Gasteiger partial charge in [0.2, 0.25) is 0 Å². The fraction of sp³-hybridized carbons (Fsp3) is 0.188. The van der Waals surface area contributed by atoms with Gasteiger partial charge < -0.3 is 4.74 Å². The second-order valence-electron chi connectivity index (χ2n) is 4.28. The molecule has 1 atom stereocenters. The lowest BCUT2D eigenvalue weighted by molar-refractivity contribution is 0.407. The lowest BCUT2D eigenvalue weighted by atomic mass is 10.1. The molecule has 0 aliphatic carbocycles. The predicted octanol–water partition coefficient (Wildman–Crippen LogP) is 3.70. The van der Waals surface area contributed by atoms with Crippen LogP contribution < -0.4 is 10.1 Å². The van der Waals surface area contributed by atoms with Crippen molar-refractivity contribution in [1.29, 1.82) is 5.26 Å². The number of hydrogen-bond acceptors (Lipinski definition) is 3. The predicted molar refractivity (Wildman–Crippen MR) is 79.6 cm³/mol. The third-order valence-electron chi connectivity index (χ3n) is 3.03. The molecule has 1 unspecified atom stereocenters. The van der Waals surface area contributed by atoms with E-state index >= 15 is 0 Å². The normalized spacial score (nSPS) is 11.7. The van der Waals surface area contributed by atoms with Crippen LogP contribution in [0.3, 0.4) is 0 Å². The first-order valence-corrected chi connectivity index (χ1v) is 6.63. The Kier molecular flexibility index (Phi) is 5.00. The Morgan fingerprint density at radius 1 is 1.20 bits per heavy atom. The minimum absolute atomic E-state index is 0.450. The molecule has 4 heteroatoms. The standard InChI is InChI=1S/C16H15ClN2O/c1-20-16-9-5-2-6-12(16)11-19-15(10-18)13-7-3-4-8-14(13)17/h2-9,15,19H,11H2,1H3. The topological polar surface area (TPSA) is 45.0 Å². The third-order valence-corrected chi connectivity index (χ3v) is 3.38. The third kappa shape index (κ3) is 3.30. The maximum atomic E-state index is 9.31. The Bertz CT molecular complexity index is 622. The molecule has 0 aliphatic rings. The Morgan fingerprint density at radius 3 is 2.60 bits per heavy atom. The summed E-state index contributed by atoms with van der Waals surface area (Å²) >= 11 is 6.12. The van der Waals surface area contributed by atoms with E-state index < -0.39 is 6.04 Å². The SMILES string of the molecule is COc1ccccc1CNC(C#N)c1ccccc1Cl. The average Bonchev–Trinajstić information content (AvgIpc) is 2.50. The van der Waals surface area contributed by atoms with Gasteiger partial charge in [0.05, 0.1) is 13.2 Å². The largest absolute Gasteiger partial charge is 0.496 e. The molecule has 3 nitrogen and oxygen atoms in total. The number of nitrogens with zero attached hydrogens (tertiary/aromatic N) is 1. The average molecular weight is 287 g/mol. The molecule has 1 N–H and O–H groups in total. The molecular formula is C16H15ClN2O. The zero-order valence-electron chi connectivity index (χ0n) is 11.1. The highest BCUT2D eigenvalue weighted by Crippen LogP contribution is 2.23. The minimum Gasteiger partial charge on any atom is -0.496 e. The summed E-state index contributed by atoms with van der Waals surface area (Å²) in [6, 6.07) is 16.9. The van der Waals surface area contributed by atoms with E-state index in [9.17, 15) is 5.26 Å². The minimum atomic E-state index is -0.450. The molecule has 0 saturated carbocycles. The van der Waals surface area contributed by atoms with Crippen LogP contribution in [0.5, 0.6) is 5.75 Å². The Balaban J connectivity index is 2.13. The number of rotatable bonds is 5. The molecule has 20 heavy (non-hydrogen) atoms. The fourth-order valence-corrected chi connectivity index (χ4v) is 2.24. The lowest BCUT2D eigenvalue weighted by Gasteiger charge is -2.14. The Hall–Kier alpha value is -2.02. The molecule has 0 spiro atoms. The van der Waals surface area contributed by atoms with E-state index in [-0.39, 0.29) is 0 Å². The number of nitriles is 1. The van der Waals surface area contributed by atoms with Crippen molar-refractivity contribution < 1.29 is 4.74 Å². The van der Waals surface area contributed by atoms with E-state index in [1.54, 1.807) is 13.2 Å². The summed E-state index contributed by atoms with van der Waals surface area (Å²) in [5.74, 6) is 0.802. The van der Waals surface area contributed by atoms with Gasteiger partial charge in [-0.1, -0.05) is 48.0 Å². The molecule has 2 aromatic carbocycles. The number of nitrogens with one attached hydrogen (secondary N) is 1. The summed E-state index contributed by atoms with van der Waals surface area (Å²) in [6.07, 6.45) is 0. The summed E-state index contributed by atoms with van der Waals surface area (Å²) in [5.41, 5.74) is 1.79. The van der Waals surface area contributed by atoms with Crippen molar-refractivity contribution >= 4 is 11.6 Å². The molecule has 0 radical (unpaired) electrons. The lowest BCUT2D eigenvalue weighted by Crippen LogP contribution is -2.20. The van der Waals surface area contributed by atoms with Crippen LogP contribution in [0.1, 0.15) is 17.2 Å². The number of ether oxygens (including phenoxy) is 1. The van der Waals surface area contributed by atoms with Gasteiger partial charge in [0, 0.05) is 22.7 Å². The number of halogens is 1. The van der Waals surface area contributed by atoms with Crippen LogP contribution in [-0.4, -0.2) is 7.11 Å². The van der Waals surface area contributed by atoms with Crippen LogP contribution in [0.15, 0.2) is 48.5 Å². The molecular weight excluding hydrogens is 272 g/mol. The first-order chi connectivity index (χ1) is 9.76. The van der Waals surface area contributed by atoms with E-state index in [0.717, 1.165) is 16.9 Å². The summed E-state index contributed by atoms with van der Waals surface area (Å²) in [7, 11) is 1.63. The molecule has 0 amide bonds. The molecule has 102 valence electrons. The van der Waals surface area contributed by atoms with Gasteiger partial charge in [-0.15, -0.1) is 0 Å². The number of para-hydroxylation sites is 1. The van der Waals surface area contributed by atoms with Gasteiger partial charge in [-0.2, -0.15) is 5.26 Å². The van der Waals surface area contributed by atoms with Gasteiger partial charge in [0.25, 0.3) is 0 Å². The molecule has 0 bridgehead atoms. The van der Waals surface area contributed by atoms with Gasteiger partial charge in [-0.05, 0) is 12.1 Å². The monoisotopic (exact) mass is 286 g/mol. The number of benzene rings is 2. The summed E-state index contributed by atoms with van der Waals surface area (Å²) in [5, 5.41) is 13.1. The Morgan fingerprint density at radius 2 is 1.90 bits per heavy atom. The van der Waals surface area contributed by atoms with Crippen molar-refractivity contribution in [1.82, 2.24) is 5.32 Å². The quantitative estimate of drug-likeness (QED) is 0.911. The maximum Gasteiger partial charge on any atom is 0.123 e. The first-order valence-electron chi connectivity index (χ1n) is 6.25. The van der Waals surface area contributed by atoms with Gasteiger partial charge in [-0.25, -0.2) is 0 Å². The molecule has 0 heterocycles. The molecule has 0 aromatic heterocycles. The molecule has 0 aliphatic heterocycles. The van der Waals surface area contributed by atoms with Crippen molar-refractivity contribution in [2.24, 2.45) is 0 Å². The highest BCUT2D eigenvalue weighted by atomic mass is 35.5. The van der Waals surface area contributed by atoms with Gasteiger partial charge in [-0.3, -0.25) is 5.32 Å². The van der Waals surface area contributed by atoms with E-state index in [4.69, 9.17) is 16.3 Å². The zero-order valence-corrected chi connectivity index (χ0v) is 11.9. The second kappa shape index (κ2) is 6.95. The van der Waals surface area contributed by atoms with Crippen LogP contribution in [0.25, 0.3) is 0 Å². The molecule has 0 saturated heterocycles. The highest BCUT2D eigenvalue weighted by Gasteiger charge is 2.13. The zero-order chi connectivity index (χ0) is 14.4. The van der Waals surface area contributed by atoms with Crippen LogP contribution >= 0.6 is 11.6 Å². The highest BCUT2D eigenvalue weighted by molar-refractivity contribution is 6.31. The maximum absolute atomic E-state index is 9.31. The van der Waals surface area contributed by atoms with Crippen LogP contribution in [0.4, 0.5) is 0 Å². The van der Waals surface area contributed by atoms with E-state index in [1.165, 1.54) is 0 Å². The second-order valence-corrected chi connectivity index (χ2v) is 4.68. The van der Waals surface area contributed by atoms with E-state index in [2.05, 4.69) is 11.4 Å². The van der Waals surface area contributed by atoms with Gasteiger partial charge >= 0.3 is 0 Å². The van der Waals surface area contributed by atoms with Crippen molar-refractivity contribution in [3.63, 3.8) is 0 Å².